The van der Waals surface area contributed by atoms with Gasteiger partial charge in [0.25, 0.3) is 11.8 Å². The lowest BCUT2D eigenvalue weighted by Gasteiger charge is -2.37. The summed E-state index contributed by atoms with van der Waals surface area (Å²) in [5.74, 6) is 0.414. The lowest BCUT2D eigenvalue weighted by molar-refractivity contribution is -0.139. The van der Waals surface area contributed by atoms with Crippen molar-refractivity contribution in [1.29, 1.82) is 0 Å². The van der Waals surface area contributed by atoms with Crippen molar-refractivity contribution in [2.24, 2.45) is 0 Å². The van der Waals surface area contributed by atoms with E-state index in [1.807, 2.05) is 52.8 Å². The minimum Gasteiger partial charge on any atom is -0.476 e. The summed E-state index contributed by atoms with van der Waals surface area (Å²) < 4.78 is 5.97. The highest BCUT2D eigenvalue weighted by Crippen LogP contribution is 2.34. The molecule has 27 heavy (non-hydrogen) atoms. The summed E-state index contributed by atoms with van der Waals surface area (Å²) >= 11 is 1.58. The quantitative estimate of drug-likeness (QED) is 0.763. The molecule has 2 aliphatic heterocycles. The predicted octanol–water partition coefficient (Wildman–Crippen LogP) is 3.57. The van der Waals surface area contributed by atoms with Gasteiger partial charge in [-0.1, -0.05) is 18.2 Å². The molecule has 1 aromatic heterocycles. The lowest BCUT2D eigenvalue weighted by atomic mass is 10.1. The van der Waals surface area contributed by atoms with E-state index in [4.69, 9.17) is 4.74 Å². The fraction of sp³-hybridized carbons (Fsp3) is 0.333. The van der Waals surface area contributed by atoms with E-state index in [1.54, 1.807) is 22.3 Å². The zero-order valence-electron chi connectivity index (χ0n) is 15.0. The molecule has 6 heteroatoms. The second kappa shape index (κ2) is 7.96. The molecule has 1 atom stereocenters. The molecule has 4 rings (SSSR count). The first kappa shape index (κ1) is 17.8. The van der Waals surface area contributed by atoms with Crippen molar-refractivity contribution in [3.8, 4) is 5.75 Å². The maximum atomic E-state index is 12.9. The fourth-order valence-corrected chi connectivity index (χ4v) is 4.14. The largest absolute Gasteiger partial charge is 0.476 e. The Bertz CT molecular complexity index is 841. The average molecular weight is 382 g/mol. The highest BCUT2D eigenvalue weighted by Gasteiger charge is 2.35. The Labute approximate surface area is 162 Å². The zero-order chi connectivity index (χ0) is 18.6. The molecule has 0 N–H and O–H groups in total. The van der Waals surface area contributed by atoms with Crippen LogP contribution < -0.4 is 9.64 Å². The van der Waals surface area contributed by atoms with Crippen molar-refractivity contribution >= 4 is 34.9 Å². The average Bonchev–Trinajstić information content (AvgIpc) is 3.25. The van der Waals surface area contributed by atoms with Crippen LogP contribution in [0, 0.1) is 0 Å². The molecule has 2 aliphatic rings. The molecular formula is C21H22N2O3S. The number of likely N-dealkylation sites (tertiary alicyclic amines) is 1. The number of nitrogens with zero attached hydrogens (tertiary/aromatic N) is 2. The molecule has 3 heterocycles. The minimum absolute atomic E-state index is 0.0239. The minimum atomic E-state index is -0.655. The van der Waals surface area contributed by atoms with Crippen LogP contribution in [-0.2, 0) is 9.59 Å². The summed E-state index contributed by atoms with van der Waals surface area (Å²) in [5.41, 5.74) is 0.709. The van der Waals surface area contributed by atoms with Gasteiger partial charge in [-0.15, -0.1) is 11.3 Å². The summed E-state index contributed by atoms with van der Waals surface area (Å²) in [7, 11) is 0. The van der Waals surface area contributed by atoms with Crippen molar-refractivity contribution in [1.82, 2.24) is 4.90 Å². The Morgan fingerprint density at radius 1 is 1.07 bits per heavy atom. The molecule has 1 saturated heterocycles. The van der Waals surface area contributed by atoms with Gasteiger partial charge in [-0.25, -0.2) is 0 Å². The van der Waals surface area contributed by atoms with Crippen molar-refractivity contribution in [3.63, 3.8) is 0 Å². The highest BCUT2D eigenvalue weighted by atomic mass is 32.1. The van der Waals surface area contributed by atoms with Crippen molar-refractivity contribution in [3.05, 3.63) is 52.7 Å². The second-order valence-electron chi connectivity index (χ2n) is 6.76. The molecule has 0 spiro atoms. The van der Waals surface area contributed by atoms with Crippen molar-refractivity contribution < 1.29 is 14.3 Å². The third kappa shape index (κ3) is 3.90. The molecule has 2 aromatic rings. The molecule has 2 amide bonds. The van der Waals surface area contributed by atoms with Crippen LogP contribution in [0.1, 0.15) is 24.1 Å². The number of hydrogen-bond donors (Lipinski definition) is 0. The first-order chi connectivity index (χ1) is 13.2. The Morgan fingerprint density at radius 3 is 2.67 bits per heavy atom. The van der Waals surface area contributed by atoms with Crippen LogP contribution in [0.15, 0.2) is 47.9 Å². The van der Waals surface area contributed by atoms with Crippen LogP contribution in [-0.4, -0.2) is 42.5 Å². The van der Waals surface area contributed by atoms with Crippen LogP contribution >= 0.6 is 11.3 Å². The van der Waals surface area contributed by atoms with E-state index in [2.05, 4.69) is 0 Å². The van der Waals surface area contributed by atoms with E-state index in [0.29, 0.717) is 11.4 Å². The summed E-state index contributed by atoms with van der Waals surface area (Å²) in [6.45, 7) is 1.78. The first-order valence-electron chi connectivity index (χ1n) is 9.30. The monoisotopic (exact) mass is 382 g/mol. The van der Waals surface area contributed by atoms with Crippen LogP contribution in [0.2, 0.25) is 0 Å². The Balaban J connectivity index is 1.56. The SMILES string of the molecule is O=C(C1CN(C(=O)/C=C/c2cccs2)c2ccccc2O1)N1CCCCC1. The number of hydrogen-bond acceptors (Lipinski definition) is 4. The van der Waals surface area contributed by atoms with Gasteiger partial charge in [-0.05, 0) is 48.9 Å². The van der Waals surface area contributed by atoms with E-state index >= 15 is 0 Å². The summed E-state index contributed by atoms with van der Waals surface area (Å²) in [6, 6.07) is 11.3. The van der Waals surface area contributed by atoms with Gasteiger partial charge >= 0.3 is 0 Å². The second-order valence-corrected chi connectivity index (χ2v) is 7.74. The van der Waals surface area contributed by atoms with Gasteiger partial charge in [0.1, 0.15) is 5.75 Å². The molecule has 5 nitrogen and oxygen atoms in total. The Hall–Kier alpha value is -2.60. The topological polar surface area (TPSA) is 49.9 Å². The molecule has 0 radical (unpaired) electrons. The molecule has 0 aliphatic carbocycles. The fourth-order valence-electron chi connectivity index (χ4n) is 3.52. The van der Waals surface area contributed by atoms with Crippen molar-refractivity contribution in [2.75, 3.05) is 24.5 Å². The zero-order valence-corrected chi connectivity index (χ0v) is 15.9. The Morgan fingerprint density at radius 2 is 1.89 bits per heavy atom. The van der Waals surface area contributed by atoms with Crippen LogP contribution in [0.5, 0.6) is 5.75 Å². The van der Waals surface area contributed by atoms with Crippen LogP contribution in [0.4, 0.5) is 5.69 Å². The van der Waals surface area contributed by atoms with E-state index < -0.39 is 6.10 Å². The lowest BCUT2D eigenvalue weighted by Crippen LogP contribution is -2.52. The highest BCUT2D eigenvalue weighted by molar-refractivity contribution is 7.10. The maximum absolute atomic E-state index is 12.9. The Kier molecular flexibility index (Phi) is 5.25. The number of para-hydroxylation sites is 2. The number of anilines is 1. The summed E-state index contributed by atoms with van der Waals surface area (Å²) in [5, 5.41) is 1.97. The van der Waals surface area contributed by atoms with Gasteiger partial charge in [0.2, 0.25) is 0 Å². The first-order valence-corrected chi connectivity index (χ1v) is 10.2. The van der Waals surface area contributed by atoms with Gasteiger partial charge in [0.05, 0.1) is 12.2 Å². The number of carbonyl (C=O) groups is 2. The normalized spacial score (nSPS) is 19.6. The number of piperidine rings is 1. The molecule has 1 aromatic carbocycles. The molecule has 140 valence electrons. The van der Waals surface area contributed by atoms with Gasteiger partial charge in [0.15, 0.2) is 6.10 Å². The number of fused-ring (bicyclic) bond motifs is 1. The smallest absolute Gasteiger partial charge is 0.265 e. The van der Waals surface area contributed by atoms with Gasteiger partial charge in [-0.2, -0.15) is 0 Å². The number of rotatable bonds is 3. The predicted molar refractivity (Wildman–Crippen MR) is 107 cm³/mol. The van der Waals surface area contributed by atoms with Gasteiger partial charge in [0, 0.05) is 24.0 Å². The van der Waals surface area contributed by atoms with E-state index in [0.717, 1.165) is 37.2 Å². The number of carbonyl (C=O) groups excluding carboxylic acids is 2. The third-order valence-corrected chi connectivity index (χ3v) is 5.75. The van der Waals surface area contributed by atoms with E-state index in [9.17, 15) is 9.59 Å². The van der Waals surface area contributed by atoms with E-state index in [1.165, 1.54) is 0 Å². The standard InChI is InChI=1S/C21H22N2O3S/c24-20(11-10-16-7-6-14-27-16)23-15-19(21(25)22-12-4-1-5-13-22)26-18-9-3-2-8-17(18)23/h2-3,6-11,14,19H,1,4-5,12-13,15H2/b11-10+. The third-order valence-electron chi connectivity index (χ3n) is 4.92. The maximum Gasteiger partial charge on any atom is 0.265 e. The van der Waals surface area contributed by atoms with Gasteiger partial charge < -0.3 is 14.5 Å². The summed E-state index contributed by atoms with van der Waals surface area (Å²) in [4.78, 5) is 30.3. The molecular weight excluding hydrogens is 360 g/mol. The van der Waals surface area contributed by atoms with Crippen LogP contribution in [0.3, 0.4) is 0 Å². The number of ether oxygens (including phenoxy) is 1. The summed E-state index contributed by atoms with van der Waals surface area (Å²) in [6.07, 6.45) is 5.94. The van der Waals surface area contributed by atoms with E-state index in [-0.39, 0.29) is 18.4 Å². The number of amides is 2. The molecule has 0 saturated carbocycles. The van der Waals surface area contributed by atoms with Crippen LogP contribution in [0.25, 0.3) is 6.08 Å². The molecule has 0 bridgehead atoms. The van der Waals surface area contributed by atoms with Crippen molar-refractivity contribution in [2.45, 2.75) is 25.4 Å². The molecule has 1 unspecified atom stereocenters. The number of benzene rings is 1. The number of thiophene rings is 1. The molecule has 1 fully saturated rings. The van der Waals surface area contributed by atoms with Gasteiger partial charge in [-0.3, -0.25) is 9.59 Å².